The summed E-state index contributed by atoms with van der Waals surface area (Å²) in [5.41, 5.74) is 0.0538. The van der Waals surface area contributed by atoms with Crippen LogP contribution < -0.4 is 15.9 Å². The van der Waals surface area contributed by atoms with Gasteiger partial charge in [-0.3, -0.25) is 0 Å². The summed E-state index contributed by atoms with van der Waals surface area (Å²) in [6.07, 6.45) is 1.12. The molecule has 0 saturated carbocycles. The van der Waals surface area contributed by atoms with Crippen molar-refractivity contribution in [3.8, 4) is 0 Å². The van der Waals surface area contributed by atoms with Crippen LogP contribution in [0.3, 0.4) is 0 Å². The largest absolute Gasteiger partial charge is 0.214 e. The SMILES string of the molecule is CC1CC(C)(C)O[C]1=[Mn].[C-]#[O+].c1cc[cH-]c1.c1ccc(P(c2ccccc2)c2ccccc2)cc1. The minimum absolute atomic E-state index is 0.0538. The van der Waals surface area contributed by atoms with Crippen LogP contribution in [0.15, 0.2) is 121 Å². The minimum Gasteiger partial charge on any atom is -0.214 e. The summed E-state index contributed by atoms with van der Waals surface area (Å²) < 4.78 is 14.0. The minimum atomic E-state index is -0.446. The molecule has 4 aromatic carbocycles. The number of benzene rings is 3. The Labute approximate surface area is 219 Å². The van der Waals surface area contributed by atoms with Crippen molar-refractivity contribution >= 4 is 28.4 Å². The zero-order valence-corrected chi connectivity index (χ0v) is 22.5. The van der Waals surface area contributed by atoms with E-state index in [1.165, 1.54) is 15.9 Å². The van der Waals surface area contributed by atoms with Crippen LogP contribution in [0.4, 0.5) is 0 Å². The Morgan fingerprint density at radius 3 is 1.34 bits per heavy atom. The third kappa shape index (κ3) is 9.96. The first-order valence-corrected chi connectivity index (χ1v) is 13.4. The van der Waals surface area contributed by atoms with Gasteiger partial charge >= 0.3 is 74.9 Å². The Morgan fingerprint density at radius 2 is 1.14 bits per heavy atom. The van der Waals surface area contributed by atoms with Gasteiger partial charge in [-0.1, -0.05) is 91.0 Å². The Hall–Kier alpha value is -2.47. The van der Waals surface area contributed by atoms with Crippen LogP contribution in [0, 0.1) is 12.6 Å². The van der Waals surface area contributed by atoms with Gasteiger partial charge in [-0.25, -0.2) is 12.1 Å². The molecule has 35 heavy (non-hydrogen) atoms. The van der Waals surface area contributed by atoms with Gasteiger partial charge in [0.1, 0.15) is 0 Å². The summed E-state index contributed by atoms with van der Waals surface area (Å²) in [5, 5.41) is 4.19. The quantitative estimate of drug-likeness (QED) is 0.134. The van der Waals surface area contributed by atoms with Gasteiger partial charge in [0.2, 0.25) is 0 Å². The molecule has 1 saturated heterocycles. The predicted octanol–water partition coefficient (Wildman–Crippen LogP) is 6.31. The van der Waals surface area contributed by atoms with Crippen LogP contribution in [0.5, 0.6) is 0 Å². The van der Waals surface area contributed by atoms with E-state index in [1.807, 2.05) is 30.3 Å². The number of hydrogen-bond donors (Lipinski definition) is 0. The molecule has 1 fully saturated rings. The fraction of sp³-hybridized carbons (Fsp3) is 0.194. The van der Waals surface area contributed by atoms with Gasteiger partial charge < -0.3 is 0 Å². The maximum Gasteiger partial charge on any atom is -0.0134 e. The molecule has 0 spiro atoms. The van der Waals surface area contributed by atoms with Crippen LogP contribution >= 0.6 is 7.92 Å². The first kappa shape index (κ1) is 28.8. The molecule has 0 amide bonds. The molecule has 1 heterocycles. The molecule has 4 aromatic rings. The van der Waals surface area contributed by atoms with Gasteiger partial charge in [0.25, 0.3) is 0 Å². The second-order valence-corrected chi connectivity index (χ2v) is 11.4. The fourth-order valence-electron chi connectivity index (χ4n) is 3.72. The third-order valence-corrected chi connectivity index (χ3v) is 8.30. The van der Waals surface area contributed by atoms with Crippen LogP contribution in [0.1, 0.15) is 27.2 Å². The predicted molar refractivity (Wildman–Crippen MR) is 145 cm³/mol. The monoisotopic (exact) mass is 522 g/mol. The topological polar surface area (TPSA) is 29.1 Å². The van der Waals surface area contributed by atoms with Crippen LogP contribution in [0.2, 0.25) is 0 Å². The van der Waals surface area contributed by atoms with Crippen molar-refractivity contribution in [1.82, 2.24) is 0 Å². The summed E-state index contributed by atoms with van der Waals surface area (Å²) >= 11 is 3.37. The molecule has 2 nitrogen and oxygen atoms in total. The molecular formula is C31H32MnO2P-. The van der Waals surface area contributed by atoms with Crippen molar-refractivity contribution in [2.75, 3.05) is 0 Å². The van der Waals surface area contributed by atoms with Crippen LogP contribution in [0.25, 0.3) is 0 Å². The van der Waals surface area contributed by atoms with Gasteiger partial charge in [0.05, 0.1) is 0 Å². The average Bonchev–Trinajstić information content (AvgIpc) is 3.54. The maximum absolute atomic E-state index is 7.50. The van der Waals surface area contributed by atoms with Gasteiger partial charge in [0.15, 0.2) is 0 Å². The first-order chi connectivity index (χ1) is 17.0. The van der Waals surface area contributed by atoms with Crippen molar-refractivity contribution in [3.05, 3.63) is 128 Å². The maximum atomic E-state index is 7.50. The zero-order valence-electron chi connectivity index (χ0n) is 20.5. The second-order valence-electron chi connectivity index (χ2n) is 8.58. The first-order valence-electron chi connectivity index (χ1n) is 11.5. The number of hydrogen-bond acceptors (Lipinski definition) is 1. The molecule has 1 aliphatic heterocycles. The Balaban J connectivity index is 0.000000223. The molecule has 181 valence electrons. The van der Waals surface area contributed by atoms with E-state index in [0.29, 0.717) is 5.92 Å². The van der Waals surface area contributed by atoms with E-state index in [-0.39, 0.29) is 5.60 Å². The number of rotatable bonds is 3. The summed E-state index contributed by atoms with van der Waals surface area (Å²) in [5.74, 6) is 0.569. The van der Waals surface area contributed by atoms with Gasteiger partial charge in [-0.05, 0) is 23.8 Å². The van der Waals surface area contributed by atoms with E-state index in [0.717, 1.165) is 11.0 Å². The van der Waals surface area contributed by atoms with Crippen molar-refractivity contribution in [2.45, 2.75) is 32.8 Å². The smallest absolute Gasteiger partial charge is 0.0134 e. The molecule has 0 aliphatic carbocycles. The molecule has 0 bridgehead atoms. The molecular weight excluding hydrogens is 490 g/mol. The Morgan fingerprint density at radius 1 is 0.771 bits per heavy atom. The van der Waals surface area contributed by atoms with E-state index in [9.17, 15) is 0 Å². The van der Waals surface area contributed by atoms with E-state index >= 15 is 0 Å². The zero-order chi connectivity index (χ0) is 25.5. The van der Waals surface area contributed by atoms with Gasteiger partial charge in [-0.2, -0.15) is 18.2 Å². The standard InChI is InChI=1S/C18H15P.C7H12O.C5H5.CO.Mn/c1-4-10-16(11-5-1)19(17-12-6-2-7-13-17)18-14-8-3-9-15-18;1-6-4-7(2,3)8-5-6;1-2-4-5-3-1;1-2;/h1-15H;6H,4H2,1-3H3;1-5H;;/q;;-1;;. The molecule has 0 N–H and O–H groups in total. The normalized spacial score (nSPS) is 15.5. The molecule has 5 rings (SSSR count). The van der Waals surface area contributed by atoms with E-state index < -0.39 is 7.92 Å². The van der Waals surface area contributed by atoms with Gasteiger partial charge in [-0.15, -0.1) is 0 Å². The van der Waals surface area contributed by atoms with E-state index in [4.69, 9.17) is 9.39 Å². The average molecular weight is 523 g/mol. The van der Waals surface area contributed by atoms with Crippen molar-refractivity contribution in [3.63, 3.8) is 0 Å². The summed E-state index contributed by atoms with van der Waals surface area (Å²) in [6, 6.07) is 42.3. The summed E-state index contributed by atoms with van der Waals surface area (Å²) in [4.78, 5) is 0. The third-order valence-electron chi connectivity index (χ3n) is 5.16. The molecule has 1 unspecified atom stereocenters. The van der Waals surface area contributed by atoms with E-state index in [1.54, 1.807) is 0 Å². The molecule has 4 heteroatoms. The van der Waals surface area contributed by atoms with Crippen LogP contribution in [-0.4, -0.2) is 10.2 Å². The summed E-state index contributed by atoms with van der Waals surface area (Å²) in [7, 11) is -0.446. The number of ether oxygens (including phenoxy) is 1. The Kier molecular flexibility index (Phi) is 12.7. The molecule has 0 radical (unpaired) electrons. The summed E-state index contributed by atoms with van der Waals surface area (Å²) in [6.45, 7) is 10.9. The second kappa shape index (κ2) is 15.5. The molecule has 0 aromatic heterocycles. The van der Waals surface area contributed by atoms with Crippen molar-refractivity contribution in [2.24, 2.45) is 5.92 Å². The Bertz CT molecular complexity index is 997. The molecule has 1 aliphatic rings. The van der Waals surface area contributed by atoms with E-state index in [2.05, 4.69) is 134 Å². The van der Waals surface area contributed by atoms with Crippen molar-refractivity contribution in [1.29, 1.82) is 0 Å². The molecule has 1 atom stereocenters. The van der Waals surface area contributed by atoms with Gasteiger partial charge in [0, 0.05) is 0 Å². The van der Waals surface area contributed by atoms with Crippen LogP contribution in [-0.2, 0) is 25.0 Å². The van der Waals surface area contributed by atoms with Crippen molar-refractivity contribution < 1.29 is 25.0 Å². The fourth-order valence-corrected chi connectivity index (χ4v) is 6.47.